The zero-order chi connectivity index (χ0) is 15.0. The van der Waals surface area contributed by atoms with Crippen molar-refractivity contribution in [2.75, 3.05) is 5.32 Å². The van der Waals surface area contributed by atoms with Crippen LogP contribution < -0.4 is 5.32 Å². The first-order valence-corrected chi connectivity index (χ1v) is 7.35. The molecule has 0 fully saturated rings. The van der Waals surface area contributed by atoms with Crippen LogP contribution in [0.5, 0.6) is 0 Å². The zero-order valence-electron chi connectivity index (χ0n) is 11.8. The Kier molecular flexibility index (Phi) is 4.52. The monoisotopic (exact) mass is 331 g/mol. The van der Waals surface area contributed by atoms with Crippen LogP contribution in [0, 0.1) is 13.8 Å². The molecule has 1 heterocycles. The SMILES string of the molecule is Cc1nn(C)c(C)c1C(C)Nc1cc(Cl)c(Cl)cc1Cl. The zero-order valence-corrected chi connectivity index (χ0v) is 14.0. The molecule has 0 aliphatic heterocycles. The summed E-state index contributed by atoms with van der Waals surface area (Å²) in [5.41, 5.74) is 4.05. The molecule has 20 heavy (non-hydrogen) atoms. The van der Waals surface area contributed by atoms with Gasteiger partial charge in [-0.25, -0.2) is 0 Å². The Hall–Kier alpha value is -0.900. The van der Waals surface area contributed by atoms with Gasteiger partial charge in [-0.05, 0) is 32.9 Å². The quantitative estimate of drug-likeness (QED) is 0.786. The Morgan fingerprint density at radius 2 is 1.70 bits per heavy atom. The van der Waals surface area contributed by atoms with E-state index in [1.807, 2.05) is 25.6 Å². The van der Waals surface area contributed by atoms with Crippen molar-refractivity contribution in [3.63, 3.8) is 0 Å². The molecule has 2 rings (SSSR count). The van der Waals surface area contributed by atoms with Crippen LogP contribution in [0.25, 0.3) is 0 Å². The van der Waals surface area contributed by atoms with Gasteiger partial charge in [0.15, 0.2) is 0 Å². The minimum Gasteiger partial charge on any atom is -0.377 e. The van der Waals surface area contributed by atoms with Crippen LogP contribution in [0.3, 0.4) is 0 Å². The highest BCUT2D eigenvalue weighted by molar-refractivity contribution is 6.44. The third-order valence-corrected chi connectivity index (χ3v) is 4.41. The highest BCUT2D eigenvalue weighted by Crippen LogP contribution is 2.34. The van der Waals surface area contributed by atoms with Gasteiger partial charge in [-0.2, -0.15) is 5.10 Å². The normalized spacial score (nSPS) is 12.6. The van der Waals surface area contributed by atoms with E-state index in [2.05, 4.69) is 17.3 Å². The number of aryl methyl sites for hydroxylation is 2. The Labute approximate surface area is 133 Å². The Balaban J connectivity index is 2.32. The molecular weight excluding hydrogens is 317 g/mol. The van der Waals surface area contributed by atoms with Crippen molar-refractivity contribution in [2.24, 2.45) is 7.05 Å². The van der Waals surface area contributed by atoms with E-state index < -0.39 is 0 Å². The van der Waals surface area contributed by atoms with Crippen LogP contribution in [0.15, 0.2) is 12.1 Å². The van der Waals surface area contributed by atoms with Gasteiger partial charge in [0.1, 0.15) is 0 Å². The topological polar surface area (TPSA) is 29.9 Å². The Bertz CT molecular complexity index is 650. The van der Waals surface area contributed by atoms with Crippen LogP contribution in [0.2, 0.25) is 15.1 Å². The van der Waals surface area contributed by atoms with Crippen molar-refractivity contribution in [3.8, 4) is 0 Å². The summed E-state index contributed by atoms with van der Waals surface area (Å²) in [6.45, 7) is 6.11. The number of benzene rings is 1. The average molecular weight is 333 g/mol. The first-order chi connectivity index (χ1) is 9.31. The Morgan fingerprint density at radius 1 is 1.10 bits per heavy atom. The van der Waals surface area contributed by atoms with Crippen LogP contribution in [0.1, 0.15) is 29.9 Å². The highest BCUT2D eigenvalue weighted by atomic mass is 35.5. The van der Waals surface area contributed by atoms with E-state index >= 15 is 0 Å². The van der Waals surface area contributed by atoms with Crippen LogP contribution in [-0.2, 0) is 7.05 Å². The summed E-state index contributed by atoms with van der Waals surface area (Å²) in [5.74, 6) is 0. The van der Waals surface area contributed by atoms with E-state index in [9.17, 15) is 0 Å². The number of rotatable bonds is 3. The molecular formula is C14H16Cl3N3. The lowest BCUT2D eigenvalue weighted by Gasteiger charge is -2.18. The summed E-state index contributed by atoms with van der Waals surface area (Å²) in [6, 6.07) is 3.45. The molecule has 1 aromatic carbocycles. The molecule has 0 radical (unpaired) electrons. The fourth-order valence-electron chi connectivity index (χ4n) is 2.36. The number of halogens is 3. The molecule has 0 aliphatic rings. The van der Waals surface area contributed by atoms with Crippen molar-refractivity contribution in [3.05, 3.63) is 44.2 Å². The molecule has 0 aliphatic carbocycles. The highest BCUT2D eigenvalue weighted by Gasteiger charge is 2.17. The molecule has 1 atom stereocenters. The summed E-state index contributed by atoms with van der Waals surface area (Å²) in [7, 11) is 1.94. The fourth-order valence-corrected chi connectivity index (χ4v) is 2.96. The summed E-state index contributed by atoms with van der Waals surface area (Å²) >= 11 is 18.2. The molecule has 108 valence electrons. The van der Waals surface area contributed by atoms with Gasteiger partial charge < -0.3 is 5.32 Å². The van der Waals surface area contributed by atoms with Gasteiger partial charge in [0.25, 0.3) is 0 Å². The van der Waals surface area contributed by atoms with Crippen molar-refractivity contribution in [1.82, 2.24) is 9.78 Å². The summed E-state index contributed by atoms with van der Waals surface area (Å²) in [6.07, 6.45) is 0. The standard InChI is InChI=1S/C14H16Cl3N3/c1-7(14-8(2)19-20(4)9(14)3)18-13-6-11(16)10(15)5-12(13)17/h5-7,18H,1-4H3. The Morgan fingerprint density at radius 3 is 2.25 bits per heavy atom. The van der Waals surface area contributed by atoms with Crippen molar-refractivity contribution in [1.29, 1.82) is 0 Å². The molecule has 3 nitrogen and oxygen atoms in total. The minimum atomic E-state index is 0.0680. The van der Waals surface area contributed by atoms with Crippen LogP contribution in [0.4, 0.5) is 5.69 Å². The third-order valence-electron chi connectivity index (χ3n) is 3.38. The third kappa shape index (κ3) is 2.90. The van der Waals surface area contributed by atoms with Crippen LogP contribution in [-0.4, -0.2) is 9.78 Å². The van der Waals surface area contributed by atoms with Crippen molar-refractivity contribution >= 4 is 40.5 Å². The molecule has 2 aromatic rings. The number of nitrogens with one attached hydrogen (secondary N) is 1. The molecule has 1 N–H and O–H groups in total. The van der Waals surface area contributed by atoms with Gasteiger partial charge in [-0.3, -0.25) is 4.68 Å². The largest absolute Gasteiger partial charge is 0.377 e. The van der Waals surface area contributed by atoms with E-state index in [-0.39, 0.29) is 6.04 Å². The van der Waals surface area contributed by atoms with E-state index in [1.165, 1.54) is 0 Å². The van der Waals surface area contributed by atoms with E-state index in [0.29, 0.717) is 15.1 Å². The molecule has 0 bridgehead atoms. The van der Waals surface area contributed by atoms with Gasteiger partial charge in [-0.1, -0.05) is 34.8 Å². The average Bonchev–Trinajstić information content (AvgIpc) is 2.60. The first-order valence-electron chi connectivity index (χ1n) is 6.22. The fraction of sp³-hybridized carbons (Fsp3) is 0.357. The van der Waals surface area contributed by atoms with Gasteiger partial charge in [0.05, 0.1) is 32.5 Å². The number of anilines is 1. The van der Waals surface area contributed by atoms with Gasteiger partial charge in [0.2, 0.25) is 0 Å². The molecule has 0 saturated carbocycles. The number of hydrogen-bond donors (Lipinski definition) is 1. The molecule has 0 amide bonds. The van der Waals surface area contributed by atoms with Crippen molar-refractivity contribution < 1.29 is 0 Å². The lowest BCUT2D eigenvalue weighted by Crippen LogP contribution is -2.09. The predicted octanol–water partition coefficient (Wildman–Crippen LogP) is 5.17. The molecule has 1 unspecified atom stereocenters. The molecule has 0 spiro atoms. The maximum Gasteiger partial charge on any atom is 0.0653 e. The number of hydrogen-bond acceptors (Lipinski definition) is 2. The summed E-state index contributed by atoms with van der Waals surface area (Å²) < 4.78 is 1.87. The van der Waals surface area contributed by atoms with Gasteiger partial charge >= 0.3 is 0 Å². The second-order valence-corrected chi connectivity index (χ2v) is 6.04. The van der Waals surface area contributed by atoms with Gasteiger partial charge in [-0.15, -0.1) is 0 Å². The first kappa shape index (κ1) is 15.5. The van der Waals surface area contributed by atoms with E-state index in [1.54, 1.807) is 12.1 Å². The molecule has 1 aromatic heterocycles. The molecule has 6 heteroatoms. The van der Waals surface area contributed by atoms with Gasteiger partial charge in [0, 0.05) is 18.3 Å². The summed E-state index contributed by atoms with van der Waals surface area (Å²) in [4.78, 5) is 0. The number of aromatic nitrogens is 2. The van der Waals surface area contributed by atoms with Crippen LogP contribution >= 0.6 is 34.8 Å². The second-order valence-electron chi connectivity index (χ2n) is 4.82. The smallest absolute Gasteiger partial charge is 0.0653 e. The summed E-state index contributed by atoms with van der Waals surface area (Å²) in [5, 5.41) is 9.26. The lowest BCUT2D eigenvalue weighted by molar-refractivity contribution is 0.728. The van der Waals surface area contributed by atoms with E-state index in [0.717, 1.165) is 22.6 Å². The van der Waals surface area contributed by atoms with E-state index in [4.69, 9.17) is 34.8 Å². The number of nitrogens with zero attached hydrogens (tertiary/aromatic N) is 2. The second kappa shape index (κ2) is 5.84. The predicted molar refractivity (Wildman–Crippen MR) is 86.2 cm³/mol. The lowest BCUT2D eigenvalue weighted by atomic mass is 10.1. The molecule has 0 saturated heterocycles. The minimum absolute atomic E-state index is 0.0680. The maximum absolute atomic E-state index is 6.19. The van der Waals surface area contributed by atoms with Crippen molar-refractivity contribution in [2.45, 2.75) is 26.8 Å². The maximum atomic E-state index is 6.19.